The Labute approximate surface area is 191 Å². The van der Waals surface area contributed by atoms with E-state index in [1.165, 1.54) is 0 Å². The summed E-state index contributed by atoms with van der Waals surface area (Å²) in [7, 11) is -4.55. The quantitative estimate of drug-likeness (QED) is 0.380. The molecule has 2 saturated heterocycles. The molecule has 2 heterocycles. The highest BCUT2D eigenvalue weighted by molar-refractivity contribution is 6.74. The van der Waals surface area contributed by atoms with Crippen molar-refractivity contribution >= 4 is 22.6 Å². The fourth-order valence-corrected chi connectivity index (χ4v) is 6.03. The molecule has 0 aliphatic carbocycles. The third-order valence-corrected chi connectivity index (χ3v) is 16.4. The van der Waals surface area contributed by atoms with Crippen LogP contribution in [0.25, 0.3) is 0 Å². The lowest BCUT2D eigenvalue weighted by molar-refractivity contribution is -0.188. The zero-order valence-electron chi connectivity index (χ0n) is 22.0. The van der Waals surface area contributed by atoms with Crippen LogP contribution in [0.1, 0.15) is 68.7 Å². The SMILES string of the molecule is CC[C@H]1OC(=O)[C@H](O[Si](C)(C)C(C)(C)C)[C@H](O[Si](C)(C)C(C)(C)C)[C@H]2OC(C)(C)O[C@H]21. The molecule has 5 atom stereocenters. The van der Waals surface area contributed by atoms with Crippen LogP contribution in [0.2, 0.25) is 36.3 Å². The average molecular weight is 475 g/mol. The van der Waals surface area contributed by atoms with E-state index in [1.807, 2.05) is 20.8 Å². The highest BCUT2D eigenvalue weighted by Gasteiger charge is 2.59. The van der Waals surface area contributed by atoms with Crippen LogP contribution in [-0.4, -0.2) is 58.9 Å². The van der Waals surface area contributed by atoms with Crippen molar-refractivity contribution in [3.05, 3.63) is 0 Å². The lowest BCUT2D eigenvalue weighted by Gasteiger charge is -2.45. The second kappa shape index (κ2) is 8.51. The van der Waals surface area contributed by atoms with Crippen LogP contribution in [-0.2, 0) is 27.9 Å². The van der Waals surface area contributed by atoms with Gasteiger partial charge in [-0.05, 0) is 56.5 Å². The van der Waals surface area contributed by atoms with Gasteiger partial charge in [0.1, 0.15) is 24.4 Å². The number of ether oxygens (including phenoxy) is 3. The van der Waals surface area contributed by atoms with E-state index in [-0.39, 0.29) is 22.1 Å². The summed E-state index contributed by atoms with van der Waals surface area (Å²) < 4.78 is 32.2. The van der Waals surface area contributed by atoms with Crippen molar-refractivity contribution in [1.29, 1.82) is 0 Å². The third-order valence-electron chi connectivity index (χ3n) is 7.52. The van der Waals surface area contributed by atoms with E-state index in [1.54, 1.807) is 0 Å². The maximum atomic E-state index is 13.4. The predicted octanol–water partition coefficient (Wildman–Crippen LogP) is 5.62. The molecule has 182 valence electrons. The summed E-state index contributed by atoms with van der Waals surface area (Å²) in [6, 6.07) is 0. The normalized spacial score (nSPS) is 32.4. The molecule has 6 nitrogen and oxygen atoms in total. The molecule has 0 aromatic rings. The Morgan fingerprint density at radius 2 is 1.32 bits per heavy atom. The lowest BCUT2D eigenvalue weighted by atomic mass is 10.00. The van der Waals surface area contributed by atoms with E-state index in [4.69, 9.17) is 23.1 Å². The molecule has 0 unspecified atom stereocenters. The van der Waals surface area contributed by atoms with E-state index in [2.05, 4.69) is 67.7 Å². The minimum absolute atomic E-state index is 0.0284. The molecule has 2 aliphatic rings. The Morgan fingerprint density at radius 1 is 0.871 bits per heavy atom. The van der Waals surface area contributed by atoms with Crippen LogP contribution in [0.5, 0.6) is 0 Å². The minimum Gasteiger partial charge on any atom is -0.458 e. The standard InChI is InChI=1S/C23H46O6Si2/c1-14-15-16-17(27-23(8,9)26-16)18(28-30(10,11)21(2,3)4)19(20(24)25-15)29-31(12,13)22(5,6)7/h15-19H,14H2,1-13H3/t15-,16+,17+,18-,19-/m1/s1. The van der Waals surface area contributed by atoms with Crippen LogP contribution < -0.4 is 0 Å². The van der Waals surface area contributed by atoms with Crippen molar-refractivity contribution in [2.24, 2.45) is 0 Å². The van der Waals surface area contributed by atoms with Gasteiger partial charge in [0.2, 0.25) is 0 Å². The Kier molecular flexibility index (Phi) is 7.41. The van der Waals surface area contributed by atoms with Crippen LogP contribution in [0, 0.1) is 0 Å². The first kappa shape index (κ1) is 27.0. The second-order valence-corrected chi connectivity index (χ2v) is 22.1. The maximum absolute atomic E-state index is 13.4. The van der Waals surface area contributed by atoms with Gasteiger partial charge in [0, 0.05) is 0 Å². The summed E-state index contributed by atoms with van der Waals surface area (Å²) in [6.07, 6.45) is -1.98. The van der Waals surface area contributed by atoms with E-state index in [0.717, 1.165) is 0 Å². The van der Waals surface area contributed by atoms with Gasteiger partial charge in [-0.1, -0.05) is 48.5 Å². The predicted molar refractivity (Wildman–Crippen MR) is 128 cm³/mol. The summed E-state index contributed by atoms with van der Waals surface area (Å²) in [4.78, 5) is 13.4. The molecule has 0 amide bonds. The molecular formula is C23H46O6Si2. The summed E-state index contributed by atoms with van der Waals surface area (Å²) >= 11 is 0. The van der Waals surface area contributed by atoms with Gasteiger partial charge < -0.3 is 23.1 Å². The van der Waals surface area contributed by atoms with E-state index in [0.29, 0.717) is 6.42 Å². The smallest absolute Gasteiger partial charge is 0.337 e. The summed E-state index contributed by atoms with van der Waals surface area (Å²) in [5.74, 6) is -1.14. The number of hydrogen-bond donors (Lipinski definition) is 0. The Morgan fingerprint density at radius 3 is 1.77 bits per heavy atom. The van der Waals surface area contributed by atoms with Gasteiger partial charge in [0.05, 0.1) is 0 Å². The molecule has 0 aromatic heterocycles. The molecule has 0 radical (unpaired) electrons. The van der Waals surface area contributed by atoms with Crippen LogP contribution >= 0.6 is 0 Å². The molecule has 0 bridgehead atoms. The second-order valence-electron chi connectivity index (χ2n) is 12.6. The van der Waals surface area contributed by atoms with Crippen molar-refractivity contribution < 1.29 is 27.9 Å². The Bertz CT molecular complexity index is 662. The Hall–Kier alpha value is -0.256. The highest BCUT2D eigenvalue weighted by atomic mass is 28.4. The molecule has 31 heavy (non-hydrogen) atoms. The monoisotopic (exact) mass is 474 g/mol. The molecule has 2 aliphatic heterocycles. The van der Waals surface area contributed by atoms with Gasteiger partial charge in [-0.25, -0.2) is 4.79 Å². The van der Waals surface area contributed by atoms with Crippen LogP contribution in [0.15, 0.2) is 0 Å². The van der Waals surface area contributed by atoms with E-state index in [9.17, 15) is 4.79 Å². The zero-order chi connectivity index (χ0) is 24.2. The van der Waals surface area contributed by atoms with Crippen molar-refractivity contribution in [2.45, 2.75) is 141 Å². The highest BCUT2D eigenvalue weighted by Crippen LogP contribution is 2.45. The molecule has 0 saturated carbocycles. The fraction of sp³-hybridized carbons (Fsp3) is 0.957. The first-order valence-electron chi connectivity index (χ1n) is 11.6. The van der Waals surface area contributed by atoms with Crippen molar-refractivity contribution in [3.8, 4) is 0 Å². The van der Waals surface area contributed by atoms with E-state index >= 15 is 0 Å². The van der Waals surface area contributed by atoms with Crippen molar-refractivity contribution in [2.75, 3.05) is 0 Å². The molecule has 2 fully saturated rings. The first-order valence-corrected chi connectivity index (χ1v) is 17.5. The number of esters is 1. The summed E-state index contributed by atoms with van der Waals surface area (Å²) in [6.45, 7) is 27.6. The molecule has 2 rings (SSSR count). The van der Waals surface area contributed by atoms with Crippen LogP contribution in [0.3, 0.4) is 0 Å². The largest absolute Gasteiger partial charge is 0.458 e. The van der Waals surface area contributed by atoms with Gasteiger partial charge in [-0.15, -0.1) is 0 Å². The first-order chi connectivity index (χ1) is 13.7. The molecule has 0 spiro atoms. The van der Waals surface area contributed by atoms with Gasteiger partial charge in [0.25, 0.3) is 0 Å². The molecule has 0 N–H and O–H groups in total. The minimum atomic E-state index is -2.29. The number of carbonyl (C=O) groups excluding carboxylic acids is 1. The zero-order valence-corrected chi connectivity index (χ0v) is 24.0. The number of rotatable bonds is 5. The average Bonchev–Trinajstić information content (AvgIpc) is 2.84. The van der Waals surface area contributed by atoms with Gasteiger partial charge >= 0.3 is 5.97 Å². The van der Waals surface area contributed by atoms with Gasteiger partial charge in [-0.2, -0.15) is 0 Å². The summed E-state index contributed by atoms with van der Waals surface area (Å²) in [5.41, 5.74) is 0. The number of fused-ring (bicyclic) bond motifs is 1. The maximum Gasteiger partial charge on any atom is 0.337 e. The van der Waals surface area contributed by atoms with Crippen LogP contribution in [0.4, 0.5) is 0 Å². The van der Waals surface area contributed by atoms with E-state index < -0.39 is 46.8 Å². The molecule has 0 aromatic carbocycles. The Balaban J connectivity index is 2.57. The fourth-order valence-electron chi connectivity index (χ4n) is 3.52. The number of cyclic esters (lactones) is 1. The van der Waals surface area contributed by atoms with Gasteiger partial charge in [-0.3, -0.25) is 0 Å². The van der Waals surface area contributed by atoms with Crippen molar-refractivity contribution in [1.82, 2.24) is 0 Å². The topological polar surface area (TPSA) is 63.2 Å². The third kappa shape index (κ3) is 5.63. The van der Waals surface area contributed by atoms with Gasteiger partial charge in [0.15, 0.2) is 28.5 Å². The van der Waals surface area contributed by atoms with Crippen molar-refractivity contribution in [3.63, 3.8) is 0 Å². The summed E-state index contributed by atoms with van der Waals surface area (Å²) in [5, 5.41) is -0.0870. The molecular weight excluding hydrogens is 428 g/mol. The number of hydrogen-bond acceptors (Lipinski definition) is 6. The number of carbonyl (C=O) groups is 1. The molecule has 8 heteroatoms. The lowest BCUT2D eigenvalue weighted by Crippen LogP contribution is -2.58.